The molecule has 9 nitrogen and oxygen atoms in total. The molecule has 0 atom stereocenters. The van der Waals surface area contributed by atoms with E-state index in [2.05, 4.69) is 43.3 Å². The molecule has 2 aromatic heterocycles. The first-order valence-corrected chi connectivity index (χ1v) is 12.0. The first-order valence-electron chi connectivity index (χ1n) is 10.9. The van der Waals surface area contributed by atoms with Crippen molar-refractivity contribution in [2.45, 2.75) is 53.3 Å². The summed E-state index contributed by atoms with van der Waals surface area (Å²) in [6.45, 7) is 7.76. The standard InChI is InChI=1S/C23H29IN6O3/c1-4-30-19(14-16(2)28-30)21(31)27-22-26-17(3)20(24)29(22)13-9-8-12-25-23(32)33-15-18-10-6-5-7-11-18/h5-7,10-11,14H,4,8-9,12-13,15H2,1-3H3,(H,25,32)(H,26,27,31). The van der Waals surface area contributed by atoms with Gasteiger partial charge in [0.25, 0.3) is 5.91 Å². The molecule has 0 aliphatic carbocycles. The molecule has 3 rings (SSSR count). The van der Waals surface area contributed by atoms with Gasteiger partial charge in [-0.1, -0.05) is 30.3 Å². The number of carbonyl (C=O) groups excluding carboxylic acids is 2. The quantitative estimate of drug-likeness (QED) is 0.283. The predicted molar refractivity (Wildman–Crippen MR) is 134 cm³/mol. The number of anilines is 1. The summed E-state index contributed by atoms with van der Waals surface area (Å²) in [6, 6.07) is 11.3. The minimum absolute atomic E-state index is 0.233. The Balaban J connectivity index is 1.48. The molecular formula is C23H29IN6O3. The van der Waals surface area contributed by atoms with E-state index in [0.717, 1.165) is 33.5 Å². The second-order valence-electron chi connectivity index (χ2n) is 7.60. The van der Waals surface area contributed by atoms with Gasteiger partial charge in [0, 0.05) is 19.6 Å². The van der Waals surface area contributed by atoms with Crippen molar-refractivity contribution in [3.05, 3.63) is 62.7 Å². The number of ether oxygens (including phenoxy) is 1. The maximum atomic E-state index is 12.8. The predicted octanol–water partition coefficient (Wildman–Crippen LogP) is 4.28. The third-order valence-corrected chi connectivity index (χ3v) is 6.38. The van der Waals surface area contributed by atoms with Crippen molar-refractivity contribution in [2.75, 3.05) is 11.9 Å². The summed E-state index contributed by atoms with van der Waals surface area (Å²) in [6.07, 6.45) is 1.14. The maximum absolute atomic E-state index is 12.8. The van der Waals surface area contributed by atoms with Crippen LogP contribution in [0.3, 0.4) is 0 Å². The first-order chi connectivity index (χ1) is 15.9. The first kappa shape index (κ1) is 24.7. The Morgan fingerprint density at radius 2 is 1.91 bits per heavy atom. The molecule has 0 fully saturated rings. The third kappa shape index (κ3) is 6.80. The average Bonchev–Trinajstić information content (AvgIpc) is 3.32. The SMILES string of the molecule is CCn1nc(C)cc1C(=O)Nc1nc(C)c(I)n1CCCCNC(=O)OCc1ccccc1. The Morgan fingerprint density at radius 3 is 2.64 bits per heavy atom. The van der Waals surface area contributed by atoms with E-state index < -0.39 is 6.09 Å². The van der Waals surface area contributed by atoms with E-state index >= 15 is 0 Å². The molecule has 0 radical (unpaired) electrons. The Morgan fingerprint density at radius 1 is 1.15 bits per heavy atom. The van der Waals surface area contributed by atoms with E-state index in [1.165, 1.54) is 0 Å². The molecule has 0 aliphatic rings. The van der Waals surface area contributed by atoms with E-state index in [1.54, 1.807) is 10.7 Å². The van der Waals surface area contributed by atoms with Crippen LogP contribution in [0.1, 0.15) is 47.2 Å². The lowest BCUT2D eigenvalue weighted by Crippen LogP contribution is -2.25. The number of hydrogen-bond donors (Lipinski definition) is 2. The van der Waals surface area contributed by atoms with Crippen molar-refractivity contribution in [1.29, 1.82) is 0 Å². The number of unbranched alkanes of at least 4 members (excludes halogenated alkanes) is 1. The average molecular weight is 564 g/mol. The van der Waals surface area contributed by atoms with Crippen LogP contribution in [0.25, 0.3) is 0 Å². The number of amides is 2. The van der Waals surface area contributed by atoms with Crippen molar-refractivity contribution < 1.29 is 14.3 Å². The highest BCUT2D eigenvalue weighted by Gasteiger charge is 2.18. The van der Waals surface area contributed by atoms with Gasteiger partial charge < -0.3 is 14.6 Å². The zero-order valence-corrected chi connectivity index (χ0v) is 21.3. The Kier molecular flexibility index (Phi) is 8.87. The second-order valence-corrected chi connectivity index (χ2v) is 8.62. The number of carbonyl (C=O) groups is 2. The normalized spacial score (nSPS) is 10.8. The lowest BCUT2D eigenvalue weighted by atomic mass is 10.2. The number of rotatable bonds is 10. The summed E-state index contributed by atoms with van der Waals surface area (Å²) < 4.78 is 9.86. The summed E-state index contributed by atoms with van der Waals surface area (Å²) in [4.78, 5) is 29.2. The Hall–Kier alpha value is -2.89. The van der Waals surface area contributed by atoms with Crippen molar-refractivity contribution in [1.82, 2.24) is 24.6 Å². The molecule has 2 heterocycles. The number of hydrogen-bond acceptors (Lipinski definition) is 5. The minimum atomic E-state index is -0.428. The molecule has 2 N–H and O–H groups in total. The van der Waals surface area contributed by atoms with Gasteiger partial charge in [-0.15, -0.1) is 0 Å². The molecule has 0 saturated heterocycles. The van der Waals surface area contributed by atoms with Crippen LogP contribution in [0.15, 0.2) is 36.4 Å². The zero-order chi connectivity index (χ0) is 23.8. The highest BCUT2D eigenvalue weighted by atomic mass is 127. The highest BCUT2D eigenvalue weighted by Crippen LogP contribution is 2.19. The van der Waals surface area contributed by atoms with E-state index in [0.29, 0.717) is 31.3 Å². The van der Waals surface area contributed by atoms with Crippen LogP contribution in [0.2, 0.25) is 0 Å². The molecule has 0 unspecified atom stereocenters. The largest absolute Gasteiger partial charge is 0.445 e. The van der Waals surface area contributed by atoms with Crippen molar-refractivity contribution in [3.8, 4) is 0 Å². The molecule has 1 aromatic carbocycles. The van der Waals surface area contributed by atoms with E-state index in [4.69, 9.17) is 4.74 Å². The van der Waals surface area contributed by atoms with Gasteiger partial charge >= 0.3 is 6.09 Å². The number of benzene rings is 1. The lowest BCUT2D eigenvalue weighted by Gasteiger charge is -2.11. The zero-order valence-electron chi connectivity index (χ0n) is 19.1. The van der Waals surface area contributed by atoms with Crippen LogP contribution >= 0.6 is 22.6 Å². The van der Waals surface area contributed by atoms with Gasteiger partial charge in [0.1, 0.15) is 16.0 Å². The minimum Gasteiger partial charge on any atom is -0.445 e. The van der Waals surface area contributed by atoms with Gasteiger partial charge in [-0.25, -0.2) is 9.78 Å². The van der Waals surface area contributed by atoms with Crippen LogP contribution in [0.4, 0.5) is 10.7 Å². The van der Waals surface area contributed by atoms with Gasteiger partial charge in [0.15, 0.2) is 0 Å². The monoisotopic (exact) mass is 564 g/mol. The fourth-order valence-electron chi connectivity index (χ4n) is 3.35. The Labute approximate surface area is 207 Å². The topological polar surface area (TPSA) is 103 Å². The number of halogens is 1. The fraction of sp³-hybridized carbons (Fsp3) is 0.391. The van der Waals surface area contributed by atoms with Crippen LogP contribution in [-0.2, 0) is 24.4 Å². The van der Waals surface area contributed by atoms with E-state index in [-0.39, 0.29) is 12.5 Å². The summed E-state index contributed by atoms with van der Waals surface area (Å²) in [7, 11) is 0. The number of aromatic nitrogens is 4. The molecule has 10 heteroatoms. The summed E-state index contributed by atoms with van der Waals surface area (Å²) in [5.74, 6) is 0.279. The van der Waals surface area contributed by atoms with E-state index in [1.807, 2.05) is 55.7 Å². The van der Waals surface area contributed by atoms with Crippen molar-refractivity contribution >= 4 is 40.5 Å². The summed E-state index contributed by atoms with van der Waals surface area (Å²) in [5, 5.41) is 10.0. The molecule has 0 aliphatic heterocycles. The van der Waals surface area contributed by atoms with Crippen molar-refractivity contribution in [3.63, 3.8) is 0 Å². The van der Waals surface area contributed by atoms with E-state index in [9.17, 15) is 9.59 Å². The van der Waals surface area contributed by atoms with Crippen LogP contribution in [0, 0.1) is 17.5 Å². The molecular weight excluding hydrogens is 535 g/mol. The van der Waals surface area contributed by atoms with Crippen molar-refractivity contribution in [2.24, 2.45) is 0 Å². The number of aryl methyl sites for hydroxylation is 3. The fourth-order valence-corrected chi connectivity index (χ4v) is 3.94. The number of imidazole rings is 1. The van der Waals surface area contributed by atoms with Crippen LogP contribution in [0.5, 0.6) is 0 Å². The summed E-state index contributed by atoms with van der Waals surface area (Å²) >= 11 is 2.24. The second kappa shape index (κ2) is 11.8. The molecule has 0 saturated carbocycles. The number of nitrogens with one attached hydrogen (secondary N) is 2. The molecule has 3 aromatic rings. The summed E-state index contributed by atoms with van der Waals surface area (Å²) in [5.41, 5.74) is 3.11. The third-order valence-electron chi connectivity index (χ3n) is 5.02. The van der Waals surface area contributed by atoms with Gasteiger partial charge in [-0.05, 0) is 67.8 Å². The Bertz CT molecular complexity index is 1090. The molecule has 176 valence electrons. The maximum Gasteiger partial charge on any atom is 0.407 e. The van der Waals surface area contributed by atoms with Gasteiger partial charge in [-0.2, -0.15) is 5.10 Å². The van der Waals surface area contributed by atoms with Crippen LogP contribution in [-0.4, -0.2) is 37.9 Å². The molecule has 0 spiro atoms. The number of nitrogens with zero attached hydrogens (tertiary/aromatic N) is 4. The molecule has 33 heavy (non-hydrogen) atoms. The smallest absolute Gasteiger partial charge is 0.407 e. The van der Waals surface area contributed by atoms with Crippen LogP contribution < -0.4 is 10.6 Å². The van der Waals surface area contributed by atoms with Gasteiger partial charge in [-0.3, -0.25) is 14.8 Å². The molecule has 2 amide bonds. The molecule has 0 bridgehead atoms. The highest BCUT2D eigenvalue weighted by molar-refractivity contribution is 14.1. The van der Waals surface area contributed by atoms with Gasteiger partial charge in [0.05, 0.1) is 11.4 Å². The van der Waals surface area contributed by atoms with Gasteiger partial charge in [0.2, 0.25) is 5.95 Å². The number of alkyl carbamates (subject to hydrolysis) is 1. The lowest BCUT2D eigenvalue weighted by molar-refractivity contribution is 0.101.